The van der Waals surface area contributed by atoms with Crippen LogP contribution in [0.1, 0.15) is 63.9 Å². The molecule has 0 saturated heterocycles. The van der Waals surface area contributed by atoms with E-state index in [1.54, 1.807) is 7.11 Å². The van der Waals surface area contributed by atoms with E-state index >= 15 is 0 Å². The molecule has 1 saturated carbocycles. The van der Waals surface area contributed by atoms with Crippen LogP contribution >= 0.6 is 0 Å². The monoisotopic (exact) mass is 340 g/mol. The van der Waals surface area contributed by atoms with Crippen molar-refractivity contribution in [2.45, 2.75) is 45.6 Å². The van der Waals surface area contributed by atoms with Gasteiger partial charge in [-0.15, -0.1) is 0 Å². The van der Waals surface area contributed by atoms with Gasteiger partial charge in [0.05, 0.1) is 7.11 Å². The number of aromatic amines is 1. The number of ether oxygens (including phenoxy) is 1. The minimum atomic E-state index is -0.144. The van der Waals surface area contributed by atoms with Gasteiger partial charge in [0, 0.05) is 23.2 Å². The second-order valence-electron chi connectivity index (χ2n) is 6.55. The summed E-state index contributed by atoms with van der Waals surface area (Å²) in [5.41, 5.74) is 3.84. The van der Waals surface area contributed by atoms with E-state index in [1.165, 1.54) is 6.92 Å². The third-order valence-corrected chi connectivity index (χ3v) is 4.87. The lowest BCUT2D eigenvalue weighted by Gasteiger charge is -2.09. The van der Waals surface area contributed by atoms with Gasteiger partial charge in [0.25, 0.3) is 5.91 Å². The van der Waals surface area contributed by atoms with Gasteiger partial charge in [-0.2, -0.15) is 0 Å². The Morgan fingerprint density at radius 3 is 2.68 bits per heavy atom. The number of hydrogen-bond acceptors (Lipinski definition) is 3. The number of rotatable bonds is 6. The van der Waals surface area contributed by atoms with Gasteiger partial charge in [0.2, 0.25) is 0 Å². The van der Waals surface area contributed by atoms with E-state index in [9.17, 15) is 9.59 Å². The SMILES string of the molecule is CCc1c(C(=O)N[C@@H]2C[C@H]2c2ccccc2OC)[nH]c(C)c1C(C)=O. The molecule has 132 valence electrons. The molecule has 5 heteroatoms. The van der Waals surface area contributed by atoms with E-state index in [2.05, 4.69) is 10.3 Å². The number of H-pyrrole nitrogens is 1. The maximum Gasteiger partial charge on any atom is 0.268 e. The first kappa shape index (κ1) is 17.3. The highest BCUT2D eigenvalue weighted by atomic mass is 16.5. The Labute approximate surface area is 147 Å². The fourth-order valence-corrected chi connectivity index (χ4v) is 3.61. The van der Waals surface area contributed by atoms with Crippen molar-refractivity contribution >= 4 is 11.7 Å². The van der Waals surface area contributed by atoms with Crippen molar-refractivity contribution < 1.29 is 14.3 Å². The van der Waals surface area contributed by atoms with Crippen molar-refractivity contribution in [1.29, 1.82) is 0 Å². The van der Waals surface area contributed by atoms with Crippen LogP contribution in [0.5, 0.6) is 5.75 Å². The van der Waals surface area contributed by atoms with Crippen LogP contribution in [0.4, 0.5) is 0 Å². The maximum atomic E-state index is 12.7. The third kappa shape index (κ3) is 3.18. The fraction of sp³-hybridized carbons (Fsp3) is 0.400. The summed E-state index contributed by atoms with van der Waals surface area (Å²) in [6.07, 6.45) is 1.54. The molecule has 1 heterocycles. The predicted molar refractivity (Wildman–Crippen MR) is 96.5 cm³/mol. The number of para-hydroxylation sites is 1. The topological polar surface area (TPSA) is 71.2 Å². The second-order valence-corrected chi connectivity index (χ2v) is 6.55. The van der Waals surface area contributed by atoms with E-state index in [0.29, 0.717) is 17.7 Å². The number of benzene rings is 1. The molecule has 1 amide bonds. The van der Waals surface area contributed by atoms with Crippen LogP contribution in [0.15, 0.2) is 24.3 Å². The lowest BCUT2D eigenvalue weighted by Crippen LogP contribution is -2.28. The van der Waals surface area contributed by atoms with E-state index in [0.717, 1.165) is 29.0 Å². The number of methoxy groups -OCH3 is 1. The standard InChI is InChI=1S/C20H24N2O3/c1-5-13-18(12(3)23)11(2)21-19(13)20(24)22-16-10-15(16)14-8-6-7-9-17(14)25-4/h6-9,15-16,21H,5,10H2,1-4H3,(H,22,24)/t15-,16+/m0/s1. The van der Waals surface area contributed by atoms with Crippen LogP contribution < -0.4 is 10.1 Å². The summed E-state index contributed by atoms with van der Waals surface area (Å²) in [6.45, 7) is 5.33. The Balaban J connectivity index is 1.77. The summed E-state index contributed by atoms with van der Waals surface area (Å²) < 4.78 is 5.41. The van der Waals surface area contributed by atoms with Crippen molar-refractivity contribution in [1.82, 2.24) is 10.3 Å². The lowest BCUT2D eigenvalue weighted by atomic mass is 10.0. The van der Waals surface area contributed by atoms with Crippen LogP contribution in [0.2, 0.25) is 0 Å². The quantitative estimate of drug-likeness (QED) is 0.792. The third-order valence-electron chi connectivity index (χ3n) is 4.87. The molecule has 3 rings (SSSR count). The number of carbonyl (C=O) groups excluding carboxylic acids is 2. The number of ketones is 1. The molecule has 0 bridgehead atoms. The highest BCUT2D eigenvalue weighted by molar-refractivity contribution is 6.02. The van der Waals surface area contributed by atoms with Gasteiger partial charge in [-0.3, -0.25) is 9.59 Å². The molecule has 2 atom stereocenters. The van der Waals surface area contributed by atoms with Gasteiger partial charge in [-0.05, 0) is 43.9 Å². The number of amides is 1. The van der Waals surface area contributed by atoms with Crippen LogP contribution in [-0.4, -0.2) is 29.8 Å². The summed E-state index contributed by atoms with van der Waals surface area (Å²) in [5.74, 6) is 0.972. The summed E-state index contributed by atoms with van der Waals surface area (Å²) >= 11 is 0. The molecule has 1 aliphatic rings. The predicted octanol–water partition coefficient (Wildman–Crippen LogP) is 3.38. The highest BCUT2D eigenvalue weighted by Crippen LogP contribution is 2.44. The zero-order chi connectivity index (χ0) is 18.1. The minimum Gasteiger partial charge on any atom is -0.496 e. The Bertz CT molecular complexity index is 822. The van der Waals surface area contributed by atoms with Crippen LogP contribution in [0.3, 0.4) is 0 Å². The van der Waals surface area contributed by atoms with Gasteiger partial charge in [-0.25, -0.2) is 0 Å². The first-order valence-electron chi connectivity index (χ1n) is 8.64. The Kier molecular flexibility index (Phi) is 4.66. The maximum absolute atomic E-state index is 12.7. The number of hydrogen-bond donors (Lipinski definition) is 2. The minimum absolute atomic E-state index is 0.0111. The molecule has 1 fully saturated rings. The average molecular weight is 340 g/mol. The first-order valence-corrected chi connectivity index (χ1v) is 8.64. The van der Waals surface area contributed by atoms with Crippen molar-refractivity contribution in [3.8, 4) is 5.75 Å². The first-order chi connectivity index (χ1) is 12.0. The van der Waals surface area contributed by atoms with Crippen molar-refractivity contribution in [3.63, 3.8) is 0 Å². The highest BCUT2D eigenvalue weighted by Gasteiger charge is 2.41. The molecule has 0 unspecified atom stereocenters. The molecular weight excluding hydrogens is 316 g/mol. The van der Waals surface area contributed by atoms with Gasteiger partial charge in [0.1, 0.15) is 11.4 Å². The number of Topliss-reactive ketones (excluding diaryl/α,β-unsaturated/α-hetero) is 1. The Hall–Kier alpha value is -2.56. The number of nitrogens with one attached hydrogen (secondary N) is 2. The molecule has 1 aromatic heterocycles. The Morgan fingerprint density at radius 1 is 1.32 bits per heavy atom. The zero-order valence-electron chi connectivity index (χ0n) is 15.1. The van der Waals surface area contributed by atoms with Crippen LogP contribution in [0.25, 0.3) is 0 Å². The van der Waals surface area contributed by atoms with E-state index in [1.807, 2.05) is 38.1 Å². The van der Waals surface area contributed by atoms with E-state index in [-0.39, 0.29) is 23.7 Å². The summed E-state index contributed by atoms with van der Waals surface area (Å²) in [6, 6.07) is 8.00. The summed E-state index contributed by atoms with van der Waals surface area (Å²) in [7, 11) is 1.66. The molecule has 25 heavy (non-hydrogen) atoms. The van der Waals surface area contributed by atoms with E-state index in [4.69, 9.17) is 4.74 Å². The van der Waals surface area contributed by atoms with Crippen LogP contribution in [-0.2, 0) is 6.42 Å². The number of aromatic nitrogens is 1. The van der Waals surface area contributed by atoms with Gasteiger partial charge >= 0.3 is 0 Å². The average Bonchev–Trinajstić information content (AvgIpc) is 3.26. The smallest absolute Gasteiger partial charge is 0.268 e. The molecule has 0 spiro atoms. The molecular formula is C20H24N2O3. The summed E-state index contributed by atoms with van der Waals surface area (Å²) in [5, 5.41) is 3.09. The number of carbonyl (C=O) groups is 2. The molecule has 2 N–H and O–H groups in total. The normalized spacial score (nSPS) is 18.7. The Morgan fingerprint density at radius 2 is 2.04 bits per heavy atom. The zero-order valence-corrected chi connectivity index (χ0v) is 15.1. The molecule has 5 nitrogen and oxygen atoms in total. The molecule has 0 aliphatic heterocycles. The van der Waals surface area contributed by atoms with Crippen molar-refractivity contribution in [3.05, 3.63) is 52.3 Å². The lowest BCUT2D eigenvalue weighted by molar-refractivity contribution is 0.0944. The fourth-order valence-electron chi connectivity index (χ4n) is 3.61. The van der Waals surface area contributed by atoms with E-state index < -0.39 is 0 Å². The van der Waals surface area contributed by atoms with Gasteiger partial charge in [-0.1, -0.05) is 25.1 Å². The van der Waals surface area contributed by atoms with Crippen LogP contribution in [0, 0.1) is 6.92 Å². The largest absolute Gasteiger partial charge is 0.496 e. The molecule has 1 aromatic carbocycles. The summed E-state index contributed by atoms with van der Waals surface area (Å²) in [4.78, 5) is 27.7. The molecule has 2 aromatic rings. The molecule has 0 radical (unpaired) electrons. The van der Waals surface area contributed by atoms with Crippen molar-refractivity contribution in [2.75, 3.05) is 7.11 Å². The van der Waals surface area contributed by atoms with Gasteiger partial charge in [0.15, 0.2) is 5.78 Å². The molecule has 1 aliphatic carbocycles. The second kappa shape index (κ2) is 6.75. The van der Waals surface area contributed by atoms with Gasteiger partial charge < -0.3 is 15.0 Å². The number of aryl methyl sites for hydroxylation is 1. The van der Waals surface area contributed by atoms with Crippen molar-refractivity contribution in [2.24, 2.45) is 0 Å².